The number of nitrogens with zero attached hydrogens (tertiary/aromatic N) is 2. The van der Waals surface area contributed by atoms with E-state index in [-0.39, 0.29) is 24.8 Å². The lowest BCUT2D eigenvalue weighted by atomic mass is 10.1. The summed E-state index contributed by atoms with van der Waals surface area (Å²) in [6, 6.07) is 27.5. The van der Waals surface area contributed by atoms with Crippen LogP contribution in [0.25, 0.3) is 22.2 Å². The molecule has 2 aromatic heterocycles. The first-order chi connectivity index (χ1) is 18.9. The van der Waals surface area contributed by atoms with Crippen LogP contribution in [0.2, 0.25) is 0 Å². The molecule has 216 valence electrons. The third-order valence-corrected chi connectivity index (χ3v) is 6.64. The summed E-state index contributed by atoms with van der Waals surface area (Å²) in [5, 5.41) is 7.42. The van der Waals surface area contributed by atoms with Crippen molar-refractivity contribution in [2.45, 2.75) is 13.2 Å². The zero-order chi connectivity index (χ0) is 27.1. The van der Waals surface area contributed by atoms with Crippen LogP contribution >= 0.6 is 24.8 Å². The number of aromatic nitrogens is 2. The Morgan fingerprint density at radius 3 is 2.41 bits per heavy atom. The number of nitrogens with one attached hydrogen (secondary N) is 3. The van der Waals surface area contributed by atoms with Crippen molar-refractivity contribution in [1.29, 1.82) is 0 Å². The van der Waals surface area contributed by atoms with Crippen molar-refractivity contribution >= 4 is 57.2 Å². The molecule has 0 atom stereocenters. The molecule has 0 aliphatic rings. The monoisotopic (exact) mass is 615 g/mol. The van der Waals surface area contributed by atoms with E-state index in [0.29, 0.717) is 32.1 Å². The average molecular weight is 617 g/mol. The molecule has 2 heterocycles. The Bertz CT molecular complexity index is 1650. The highest BCUT2D eigenvalue weighted by molar-refractivity contribution is 7.88. The number of hydrogen-bond acceptors (Lipinski definition) is 8. The van der Waals surface area contributed by atoms with Crippen molar-refractivity contribution < 1.29 is 17.6 Å². The lowest BCUT2D eigenvalue weighted by Gasteiger charge is -2.11. The van der Waals surface area contributed by atoms with Gasteiger partial charge in [-0.3, -0.25) is 0 Å². The molecule has 3 N–H and O–H groups in total. The van der Waals surface area contributed by atoms with Crippen LogP contribution in [0, 0.1) is 0 Å². The smallest absolute Gasteiger partial charge is 0.208 e. The van der Waals surface area contributed by atoms with E-state index in [4.69, 9.17) is 9.15 Å². The predicted molar refractivity (Wildman–Crippen MR) is 167 cm³/mol. The summed E-state index contributed by atoms with van der Waals surface area (Å²) in [6.07, 6.45) is 2.68. The van der Waals surface area contributed by atoms with Gasteiger partial charge in [0.15, 0.2) is 0 Å². The SMILES string of the molecule is CS(=O)(=O)NCCNCc1ccc(-c2ccc3ncnc(Nc4ccc(OCc5ccccc5)cc4)c3c2)o1.Cl.Cl. The average Bonchev–Trinajstić information content (AvgIpc) is 3.41. The molecule has 0 amide bonds. The van der Waals surface area contributed by atoms with E-state index in [0.717, 1.165) is 51.2 Å². The molecule has 0 saturated carbocycles. The largest absolute Gasteiger partial charge is 0.489 e. The first kappa shape index (κ1) is 31.9. The lowest BCUT2D eigenvalue weighted by molar-refractivity contribution is 0.306. The Hall–Kier alpha value is -3.67. The van der Waals surface area contributed by atoms with Crippen molar-refractivity contribution in [2.24, 2.45) is 0 Å². The van der Waals surface area contributed by atoms with Gasteiger partial charge in [-0.05, 0) is 60.2 Å². The minimum Gasteiger partial charge on any atom is -0.489 e. The van der Waals surface area contributed by atoms with Gasteiger partial charge in [0.2, 0.25) is 10.0 Å². The molecule has 0 fully saturated rings. The molecular weight excluding hydrogens is 585 g/mol. The summed E-state index contributed by atoms with van der Waals surface area (Å²) in [5.74, 6) is 2.94. The number of rotatable bonds is 12. The van der Waals surface area contributed by atoms with Gasteiger partial charge in [-0.15, -0.1) is 24.8 Å². The highest BCUT2D eigenvalue weighted by Crippen LogP contribution is 2.30. The Morgan fingerprint density at radius 1 is 0.878 bits per heavy atom. The maximum absolute atomic E-state index is 11.2. The molecule has 0 aliphatic carbocycles. The van der Waals surface area contributed by atoms with Crippen molar-refractivity contribution in [3.63, 3.8) is 0 Å². The van der Waals surface area contributed by atoms with Gasteiger partial charge in [0, 0.05) is 29.7 Å². The molecule has 12 heteroatoms. The van der Waals surface area contributed by atoms with Crippen LogP contribution in [-0.2, 0) is 23.2 Å². The van der Waals surface area contributed by atoms with E-state index in [1.54, 1.807) is 0 Å². The quantitative estimate of drug-likeness (QED) is 0.153. The van der Waals surface area contributed by atoms with Crippen LogP contribution < -0.4 is 20.1 Å². The van der Waals surface area contributed by atoms with E-state index >= 15 is 0 Å². The van der Waals surface area contributed by atoms with Gasteiger partial charge in [-0.25, -0.2) is 23.1 Å². The Labute approximate surface area is 251 Å². The van der Waals surface area contributed by atoms with Gasteiger partial charge in [-0.2, -0.15) is 0 Å². The van der Waals surface area contributed by atoms with Gasteiger partial charge < -0.3 is 19.8 Å². The van der Waals surface area contributed by atoms with Crippen LogP contribution in [0.4, 0.5) is 11.5 Å². The van der Waals surface area contributed by atoms with Crippen molar-refractivity contribution in [3.05, 3.63) is 103 Å². The molecule has 0 radical (unpaired) electrons. The number of fused-ring (bicyclic) bond motifs is 1. The maximum Gasteiger partial charge on any atom is 0.208 e. The first-order valence-corrected chi connectivity index (χ1v) is 14.4. The molecule has 3 aromatic carbocycles. The molecule has 0 unspecified atom stereocenters. The summed E-state index contributed by atoms with van der Waals surface area (Å²) in [4.78, 5) is 8.88. The van der Waals surface area contributed by atoms with Crippen molar-refractivity contribution in [1.82, 2.24) is 20.0 Å². The minimum absolute atomic E-state index is 0. The fraction of sp³-hybridized carbons (Fsp3) is 0.172. The number of benzene rings is 3. The van der Waals surface area contributed by atoms with Gasteiger partial charge in [0.25, 0.3) is 0 Å². The topological polar surface area (TPSA) is 118 Å². The van der Waals surface area contributed by atoms with Crippen LogP contribution in [0.1, 0.15) is 11.3 Å². The zero-order valence-electron chi connectivity index (χ0n) is 22.2. The second kappa shape index (κ2) is 14.8. The highest BCUT2D eigenvalue weighted by atomic mass is 35.5. The number of anilines is 2. The van der Waals surface area contributed by atoms with Crippen LogP contribution in [0.5, 0.6) is 5.75 Å². The van der Waals surface area contributed by atoms with Crippen LogP contribution in [0.3, 0.4) is 0 Å². The Balaban J connectivity index is 0.00000231. The molecule has 0 spiro atoms. The molecular formula is C29H31Cl2N5O4S. The summed E-state index contributed by atoms with van der Waals surface area (Å²) < 4.78 is 36.7. The Kier molecular flexibility index (Phi) is 11.5. The lowest BCUT2D eigenvalue weighted by Crippen LogP contribution is -2.30. The van der Waals surface area contributed by atoms with Gasteiger partial charge in [0.05, 0.1) is 18.3 Å². The summed E-state index contributed by atoms with van der Waals surface area (Å²) in [5.41, 5.74) is 3.70. The van der Waals surface area contributed by atoms with Crippen molar-refractivity contribution in [2.75, 3.05) is 24.7 Å². The summed E-state index contributed by atoms with van der Waals surface area (Å²) >= 11 is 0. The minimum atomic E-state index is -3.19. The normalized spacial score (nSPS) is 11.0. The Morgan fingerprint density at radius 2 is 1.66 bits per heavy atom. The van der Waals surface area contributed by atoms with E-state index in [1.807, 2.05) is 84.9 Å². The third kappa shape index (κ3) is 9.17. The molecule has 9 nitrogen and oxygen atoms in total. The standard InChI is InChI=1S/C29H29N5O4S.2ClH/c1-39(35,36)33-16-15-30-18-25-12-14-28(38-25)22-7-13-27-26(17-22)29(32-20-31-27)34-23-8-10-24(11-9-23)37-19-21-5-3-2-4-6-21;;/h2-14,17,20,30,33H,15-16,18-19H2,1H3,(H,31,32,34);2*1H. The molecule has 0 aliphatic heterocycles. The molecule has 0 bridgehead atoms. The second-order valence-electron chi connectivity index (χ2n) is 8.99. The number of furan rings is 1. The molecule has 5 aromatic rings. The number of sulfonamides is 1. The third-order valence-electron chi connectivity index (χ3n) is 5.91. The molecule has 41 heavy (non-hydrogen) atoms. The predicted octanol–water partition coefficient (Wildman–Crippen LogP) is 5.69. The number of ether oxygens (including phenoxy) is 1. The van der Waals surface area contributed by atoms with Gasteiger partial charge in [0.1, 0.15) is 36.0 Å². The summed E-state index contributed by atoms with van der Waals surface area (Å²) in [6.45, 7) is 1.81. The summed E-state index contributed by atoms with van der Waals surface area (Å²) in [7, 11) is -3.19. The van der Waals surface area contributed by atoms with Gasteiger partial charge in [-0.1, -0.05) is 30.3 Å². The number of hydrogen-bond donors (Lipinski definition) is 3. The molecule has 0 saturated heterocycles. The number of halogens is 2. The van der Waals surface area contributed by atoms with E-state index in [9.17, 15) is 8.42 Å². The van der Waals surface area contributed by atoms with E-state index in [1.165, 1.54) is 6.33 Å². The van der Waals surface area contributed by atoms with Crippen LogP contribution in [0.15, 0.2) is 95.7 Å². The second-order valence-corrected chi connectivity index (χ2v) is 10.8. The fourth-order valence-corrected chi connectivity index (χ4v) is 4.46. The fourth-order valence-electron chi connectivity index (χ4n) is 3.99. The van der Waals surface area contributed by atoms with Crippen molar-refractivity contribution in [3.8, 4) is 17.1 Å². The van der Waals surface area contributed by atoms with Crippen LogP contribution in [-0.4, -0.2) is 37.7 Å². The van der Waals surface area contributed by atoms with E-state index < -0.39 is 10.0 Å². The maximum atomic E-state index is 11.2. The highest BCUT2D eigenvalue weighted by Gasteiger charge is 2.10. The van der Waals surface area contributed by atoms with E-state index in [2.05, 4.69) is 25.3 Å². The zero-order valence-corrected chi connectivity index (χ0v) is 24.7. The molecule has 5 rings (SSSR count). The first-order valence-electron chi connectivity index (χ1n) is 12.5. The van der Waals surface area contributed by atoms with Gasteiger partial charge >= 0.3 is 0 Å².